The number of hydrogen-bond acceptors (Lipinski definition) is 1. The molecule has 1 heterocycles. The molecule has 122 valence electrons. The molecule has 0 bridgehead atoms. The third-order valence-corrected chi connectivity index (χ3v) is 4.83. The Bertz CT molecular complexity index is 934. The Hall–Kier alpha value is -2.33. The second kappa shape index (κ2) is 5.95. The third-order valence-electron chi connectivity index (χ3n) is 4.59. The minimum absolute atomic E-state index is 0.0729. The number of benzene rings is 2. The molecule has 3 nitrogen and oxygen atoms in total. The van der Waals surface area contributed by atoms with E-state index in [2.05, 4.69) is 10.3 Å². The summed E-state index contributed by atoms with van der Waals surface area (Å²) in [6, 6.07) is 11.6. The van der Waals surface area contributed by atoms with E-state index in [0.29, 0.717) is 5.02 Å². The molecule has 0 saturated heterocycles. The molecular weight excluding hydrogens is 327 g/mol. The Morgan fingerprint density at radius 1 is 1.25 bits per heavy atom. The Balaban J connectivity index is 1.68. The van der Waals surface area contributed by atoms with E-state index in [-0.39, 0.29) is 17.5 Å². The number of nitrogens with one attached hydrogen (secondary N) is 2. The van der Waals surface area contributed by atoms with Crippen LogP contribution < -0.4 is 5.32 Å². The standard InChI is InChI=1S/C19H16ClFN2O/c20-11-8-9-16-14(10-11)12-5-3-7-17(18(12)22-16)23-19(24)13-4-1-2-6-15(13)21/h1-2,4,6,8-10,17,22H,3,5,7H2,(H,23,24)/t17-/m0/s1. The summed E-state index contributed by atoms with van der Waals surface area (Å²) in [4.78, 5) is 15.8. The molecule has 2 aromatic carbocycles. The smallest absolute Gasteiger partial charge is 0.254 e. The highest BCUT2D eigenvalue weighted by molar-refractivity contribution is 6.31. The second-order valence-corrected chi connectivity index (χ2v) is 6.54. The van der Waals surface area contributed by atoms with Crippen molar-refractivity contribution in [3.63, 3.8) is 0 Å². The van der Waals surface area contributed by atoms with Gasteiger partial charge in [-0.2, -0.15) is 0 Å². The van der Waals surface area contributed by atoms with E-state index in [0.717, 1.165) is 35.9 Å². The lowest BCUT2D eigenvalue weighted by Gasteiger charge is -2.24. The zero-order chi connectivity index (χ0) is 16.7. The number of hydrogen-bond donors (Lipinski definition) is 2. The Morgan fingerprint density at radius 3 is 2.92 bits per heavy atom. The highest BCUT2D eigenvalue weighted by Crippen LogP contribution is 2.35. The quantitative estimate of drug-likeness (QED) is 0.692. The SMILES string of the molecule is O=C(N[C@H]1CCCc2c1[nH]c1ccc(Cl)cc21)c1ccccc1F. The first-order valence-electron chi connectivity index (χ1n) is 7.99. The number of aromatic amines is 1. The highest BCUT2D eigenvalue weighted by atomic mass is 35.5. The third kappa shape index (κ3) is 2.57. The molecule has 5 heteroatoms. The van der Waals surface area contributed by atoms with E-state index in [1.165, 1.54) is 17.7 Å². The molecule has 1 aliphatic rings. The minimum atomic E-state index is -0.505. The maximum absolute atomic E-state index is 13.8. The lowest BCUT2D eigenvalue weighted by molar-refractivity contribution is 0.0928. The average molecular weight is 343 g/mol. The monoisotopic (exact) mass is 342 g/mol. The summed E-state index contributed by atoms with van der Waals surface area (Å²) in [5.41, 5.74) is 3.28. The van der Waals surface area contributed by atoms with E-state index < -0.39 is 5.82 Å². The van der Waals surface area contributed by atoms with Gasteiger partial charge in [0.15, 0.2) is 0 Å². The predicted octanol–water partition coefficient (Wildman–Crippen LogP) is 4.77. The van der Waals surface area contributed by atoms with E-state index in [4.69, 9.17) is 11.6 Å². The number of amides is 1. The van der Waals surface area contributed by atoms with E-state index in [1.807, 2.05) is 18.2 Å². The van der Waals surface area contributed by atoms with Crippen LogP contribution in [0.5, 0.6) is 0 Å². The molecule has 1 aliphatic carbocycles. The van der Waals surface area contributed by atoms with Crippen molar-refractivity contribution in [3.8, 4) is 0 Å². The van der Waals surface area contributed by atoms with Crippen molar-refractivity contribution in [3.05, 3.63) is 70.1 Å². The van der Waals surface area contributed by atoms with Crippen molar-refractivity contribution >= 4 is 28.4 Å². The molecule has 0 fully saturated rings. The van der Waals surface area contributed by atoms with Crippen molar-refractivity contribution in [1.29, 1.82) is 0 Å². The average Bonchev–Trinajstić information content (AvgIpc) is 2.94. The Kier molecular flexibility index (Phi) is 3.77. The molecule has 1 amide bonds. The molecule has 0 unspecified atom stereocenters. The zero-order valence-corrected chi connectivity index (χ0v) is 13.7. The van der Waals surface area contributed by atoms with Crippen LogP contribution in [-0.4, -0.2) is 10.9 Å². The molecule has 1 atom stereocenters. The number of H-pyrrole nitrogens is 1. The van der Waals surface area contributed by atoms with Crippen LogP contribution in [0.4, 0.5) is 4.39 Å². The van der Waals surface area contributed by atoms with E-state index in [9.17, 15) is 9.18 Å². The number of aryl methyl sites for hydroxylation is 1. The van der Waals surface area contributed by atoms with Crippen LogP contribution in [0, 0.1) is 5.82 Å². The summed E-state index contributed by atoms with van der Waals surface area (Å²) in [6.45, 7) is 0. The first-order valence-corrected chi connectivity index (χ1v) is 8.36. The zero-order valence-electron chi connectivity index (χ0n) is 12.9. The van der Waals surface area contributed by atoms with Crippen LogP contribution in [-0.2, 0) is 6.42 Å². The van der Waals surface area contributed by atoms with Crippen LogP contribution >= 0.6 is 11.6 Å². The summed E-state index contributed by atoms with van der Waals surface area (Å²) < 4.78 is 13.8. The molecule has 24 heavy (non-hydrogen) atoms. The maximum Gasteiger partial charge on any atom is 0.254 e. The summed E-state index contributed by atoms with van der Waals surface area (Å²) >= 11 is 6.11. The van der Waals surface area contributed by atoms with Crippen molar-refractivity contribution in [2.75, 3.05) is 0 Å². The van der Waals surface area contributed by atoms with Crippen LogP contribution in [0.3, 0.4) is 0 Å². The van der Waals surface area contributed by atoms with Gasteiger partial charge in [-0.1, -0.05) is 23.7 Å². The van der Waals surface area contributed by atoms with Crippen molar-refractivity contribution < 1.29 is 9.18 Å². The fraction of sp³-hybridized carbons (Fsp3) is 0.211. The van der Waals surface area contributed by atoms with Gasteiger partial charge in [-0.3, -0.25) is 4.79 Å². The summed E-state index contributed by atoms with van der Waals surface area (Å²) in [6.07, 6.45) is 2.74. The lowest BCUT2D eigenvalue weighted by Crippen LogP contribution is -2.31. The summed E-state index contributed by atoms with van der Waals surface area (Å²) in [5.74, 6) is -0.892. The van der Waals surface area contributed by atoms with Gasteiger partial charge in [-0.15, -0.1) is 0 Å². The van der Waals surface area contributed by atoms with E-state index in [1.54, 1.807) is 12.1 Å². The molecule has 0 aliphatic heterocycles. The van der Waals surface area contributed by atoms with Gasteiger partial charge in [0.05, 0.1) is 11.6 Å². The molecule has 4 rings (SSSR count). The van der Waals surface area contributed by atoms with Crippen LogP contribution in [0.25, 0.3) is 10.9 Å². The van der Waals surface area contributed by atoms with Crippen molar-refractivity contribution in [1.82, 2.24) is 10.3 Å². The van der Waals surface area contributed by atoms with Crippen molar-refractivity contribution in [2.45, 2.75) is 25.3 Å². The van der Waals surface area contributed by atoms with Gasteiger partial charge in [0.25, 0.3) is 5.91 Å². The fourth-order valence-corrected chi connectivity index (χ4v) is 3.63. The van der Waals surface area contributed by atoms with Crippen LogP contribution in [0.2, 0.25) is 5.02 Å². The first-order chi connectivity index (χ1) is 11.6. The van der Waals surface area contributed by atoms with Crippen LogP contribution in [0.1, 0.15) is 40.5 Å². The summed E-state index contributed by atoms with van der Waals surface area (Å²) in [7, 11) is 0. The predicted molar refractivity (Wildman–Crippen MR) is 92.9 cm³/mol. The first kappa shape index (κ1) is 15.2. The van der Waals surface area contributed by atoms with Gasteiger partial charge in [0, 0.05) is 21.6 Å². The topological polar surface area (TPSA) is 44.9 Å². The van der Waals surface area contributed by atoms with Gasteiger partial charge in [-0.25, -0.2) is 4.39 Å². The van der Waals surface area contributed by atoms with Crippen LogP contribution in [0.15, 0.2) is 42.5 Å². The number of aromatic nitrogens is 1. The molecule has 3 aromatic rings. The molecule has 0 spiro atoms. The Labute approximate surface area is 143 Å². The minimum Gasteiger partial charge on any atom is -0.356 e. The van der Waals surface area contributed by atoms with Gasteiger partial charge in [0.2, 0.25) is 0 Å². The number of rotatable bonds is 2. The van der Waals surface area contributed by atoms with Crippen molar-refractivity contribution in [2.24, 2.45) is 0 Å². The number of carbonyl (C=O) groups excluding carboxylic acids is 1. The maximum atomic E-state index is 13.8. The van der Waals surface area contributed by atoms with Gasteiger partial charge in [-0.05, 0) is 55.2 Å². The molecule has 1 aromatic heterocycles. The number of carbonyl (C=O) groups is 1. The molecule has 2 N–H and O–H groups in total. The highest BCUT2D eigenvalue weighted by Gasteiger charge is 2.26. The normalized spacial score (nSPS) is 16.8. The molecule has 0 radical (unpaired) electrons. The largest absolute Gasteiger partial charge is 0.356 e. The molecule has 0 saturated carbocycles. The second-order valence-electron chi connectivity index (χ2n) is 6.11. The fourth-order valence-electron chi connectivity index (χ4n) is 3.46. The Morgan fingerprint density at radius 2 is 2.08 bits per heavy atom. The summed E-state index contributed by atoms with van der Waals surface area (Å²) in [5, 5.41) is 4.76. The van der Waals surface area contributed by atoms with Gasteiger partial charge >= 0.3 is 0 Å². The number of halogens is 2. The number of fused-ring (bicyclic) bond motifs is 3. The lowest BCUT2D eigenvalue weighted by atomic mass is 9.91. The van der Waals surface area contributed by atoms with Gasteiger partial charge < -0.3 is 10.3 Å². The van der Waals surface area contributed by atoms with E-state index >= 15 is 0 Å². The molecular formula is C19H16ClFN2O. The van der Waals surface area contributed by atoms with Gasteiger partial charge in [0.1, 0.15) is 5.82 Å².